The number of carbonyl (C=O) groups excluding carboxylic acids is 3. The molecular weight excluding hydrogens is 682 g/mol. The molecule has 0 aromatic heterocycles. The first kappa shape index (κ1) is 33.9. The third kappa shape index (κ3) is 6.79. The molecule has 0 bridgehead atoms. The van der Waals surface area contributed by atoms with Crippen LogP contribution in [0.15, 0.2) is 72.8 Å². The Labute approximate surface area is 298 Å². The first-order chi connectivity index (χ1) is 24.8. The van der Waals surface area contributed by atoms with Gasteiger partial charge in [0, 0.05) is 28.1 Å². The number of carbonyl (C=O) groups is 3. The molecule has 13 heteroatoms. The van der Waals surface area contributed by atoms with Crippen LogP contribution in [0.3, 0.4) is 0 Å². The Morgan fingerprint density at radius 3 is 2.24 bits per heavy atom. The second-order valence-electron chi connectivity index (χ2n) is 12.2. The molecule has 1 amide bonds. The van der Waals surface area contributed by atoms with E-state index < -0.39 is 35.8 Å². The molecule has 3 aliphatic rings. The van der Waals surface area contributed by atoms with E-state index in [1.54, 1.807) is 48.5 Å². The molecule has 51 heavy (non-hydrogen) atoms. The Hall–Kier alpha value is -5.62. The predicted molar refractivity (Wildman–Crippen MR) is 183 cm³/mol. The molecule has 264 valence electrons. The number of cyclic esters (lactones) is 1. The van der Waals surface area contributed by atoms with Gasteiger partial charge in [0.1, 0.15) is 11.9 Å². The summed E-state index contributed by atoms with van der Waals surface area (Å²) in [6.45, 7) is -0.101. The van der Waals surface area contributed by atoms with Gasteiger partial charge >= 0.3 is 11.9 Å². The number of fused-ring (bicyclic) bond motifs is 3. The van der Waals surface area contributed by atoms with Crippen LogP contribution in [0.1, 0.15) is 34.3 Å². The molecule has 0 saturated carbocycles. The molecule has 1 N–H and O–H groups in total. The van der Waals surface area contributed by atoms with Gasteiger partial charge in [-0.1, -0.05) is 29.8 Å². The van der Waals surface area contributed by atoms with Crippen molar-refractivity contribution in [3.63, 3.8) is 0 Å². The lowest BCUT2D eigenvalue weighted by Crippen LogP contribution is -2.36. The maximum absolute atomic E-state index is 13.5. The van der Waals surface area contributed by atoms with Crippen molar-refractivity contribution >= 4 is 35.1 Å². The van der Waals surface area contributed by atoms with E-state index in [0.29, 0.717) is 56.3 Å². The van der Waals surface area contributed by atoms with Gasteiger partial charge in [0.05, 0.1) is 40.3 Å². The van der Waals surface area contributed by atoms with Crippen molar-refractivity contribution < 1.29 is 52.3 Å². The number of hydrogen-bond acceptors (Lipinski definition) is 11. The van der Waals surface area contributed by atoms with Crippen LogP contribution in [0.5, 0.6) is 34.5 Å². The Balaban J connectivity index is 1.11. The highest BCUT2D eigenvalue weighted by Crippen LogP contribution is 2.56. The molecule has 2 heterocycles. The molecule has 4 atom stereocenters. The van der Waals surface area contributed by atoms with Gasteiger partial charge in [-0.2, -0.15) is 0 Å². The first-order valence-electron chi connectivity index (χ1n) is 16.1. The van der Waals surface area contributed by atoms with Crippen LogP contribution in [-0.4, -0.2) is 59.2 Å². The minimum Gasteiger partial charge on any atom is -0.493 e. The van der Waals surface area contributed by atoms with Crippen LogP contribution in [0.2, 0.25) is 5.02 Å². The van der Waals surface area contributed by atoms with Crippen LogP contribution >= 0.6 is 11.6 Å². The highest BCUT2D eigenvalue weighted by atomic mass is 35.5. The summed E-state index contributed by atoms with van der Waals surface area (Å²) in [6, 6.07) is 20.9. The largest absolute Gasteiger partial charge is 0.493 e. The molecule has 1 aliphatic carbocycles. The molecular formula is C38H34ClNO11. The van der Waals surface area contributed by atoms with Crippen LogP contribution < -0.4 is 33.7 Å². The summed E-state index contributed by atoms with van der Waals surface area (Å²) in [5, 5.41) is 3.27. The van der Waals surface area contributed by atoms with Gasteiger partial charge in [0.15, 0.2) is 29.6 Å². The Morgan fingerprint density at radius 1 is 0.863 bits per heavy atom. The third-order valence-corrected chi connectivity index (χ3v) is 9.41. The summed E-state index contributed by atoms with van der Waals surface area (Å²) in [6.07, 6.45) is -0.861. The average molecular weight is 716 g/mol. The molecule has 4 aromatic carbocycles. The minimum absolute atomic E-state index is 0.0395. The van der Waals surface area contributed by atoms with Crippen molar-refractivity contribution in [1.29, 1.82) is 0 Å². The fourth-order valence-corrected chi connectivity index (χ4v) is 7.08. The van der Waals surface area contributed by atoms with Gasteiger partial charge in [-0.25, -0.2) is 0 Å². The topological polar surface area (TPSA) is 137 Å². The van der Waals surface area contributed by atoms with Crippen molar-refractivity contribution in [3.8, 4) is 34.5 Å². The highest BCUT2D eigenvalue weighted by Gasteiger charge is 2.54. The number of rotatable bonds is 11. The first-order valence-corrected chi connectivity index (χ1v) is 16.5. The molecule has 0 spiro atoms. The molecule has 0 radical (unpaired) electrons. The molecule has 2 aliphatic heterocycles. The van der Waals surface area contributed by atoms with Crippen LogP contribution in [0.4, 0.5) is 5.69 Å². The third-order valence-electron chi connectivity index (χ3n) is 9.18. The maximum Gasteiger partial charge on any atom is 0.310 e. The van der Waals surface area contributed by atoms with E-state index in [2.05, 4.69) is 5.32 Å². The molecule has 1 saturated heterocycles. The number of esters is 2. The smallest absolute Gasteiger partial charge is 0.310 e. The van der Waals surface area contributed by atoms with E-state index in [1.165, 1.54) is 21.3 Å². The summed E-state index contributed by atoms with van der Waals surface area (Å²) in [4.78, 5) is 39.5. The number of nitrogens with one attached hydrogen (secondary N) is 1. The summed E-state index contributed by atoms with van der Waals surface area (Å²) in [5.74, 6) is -0.169. The second kappa shape index (κ2) is 14.3. The molecule has 7 rings (SSSR count). The predicted octanol–water partition coefficient (Wildman–Crippen LogP) is 5.87. The maximum atomic E-state index is 13.5. The van der Waals surface area contributed by atoms with E-state index in [0.717, 1.165) is 11.1 Å². The number of halogens is 1. The van der Waals surface area contributed by atoms with Crippen LogP contribution in [-0.2, 0) is 30.3 Å². The average Bonchev–Trinajstić information content (AvgIpc) is 3.76. The van der Waals surface area contributed by atoms with Gasteiger partial charge < -0.3 is 43.2 Å². The van der Waals surface area contributed by atoms with Crippen molar-refractivity contribution in [1.82, 2.24) is 0 Å². The quantitative estimate of drug-likeness (QED) is 0.187. The molecule has 12 nitrogen and oxygen atoms in total. The van der Waals surface area contributed by atoms with Gasteiger partial charge in [-0.15, -0.1) is 0 Å². The lowest BCUT2D eigenvalue weighted by atomic mass is 9.66. The number of anilines is 1. The standard InChI is InChI=1S/C38H34ClNO11/c1-44-30-12-21(13-31(45-2)37(30)46-3)34-25-15-28-29(50-19-49-28)16-26(25)36(27-17-48-38(43)35(27)34)51-33(42)11-20-7-9-23(10-8-20)40-32(41)18-47-24-6-4-5-22(39)14-24/h4-10,12-16,27,34-36H,11,17-19H2,1-3H3,(H,40,41)/t27-,34+,35-,36-/m0/s1. The minimum atomic E-state index is -0.810. The molecule has 1 fully saturated rings. The molecule has 4 aromatic rings. The Kier molecular flexibility index (Phi) is 9.50. The number of ether oxygens (including phenoxy) is 8. The Morgan fingerprint density at radius 2 is 1.57 bits per heavy atom. The number of hydrogen-bond donors (Lipinski definition) is 1. The van der Waals surface area contributed by atoms with Crippen LogP contribution in [0.25, 0.3) is 0 Å². The second-order valence-corrected chi connectivity index (χ2v) is 12.6. The van der Waals surface area contributed by atoms with E-state index >= 15 is 0 Å². The fraction of sp³-hybridized carbons (Fsp3) is 0.289. The van der Waals surface area contributed by atoms with Gasteiger partial charge in [-0.05, 0) is 71.3 Å². The van der Waals surface area contributed by atoms with Gasteiger partial charge in [-0.3, -0.25) is 14.4 Å². The van der Waals surface area contributed by atoms with E-state index in [1.807, 2.05) is 24.3 Å². The van der Waals surface area contributed by atoms with E-state index in [4.69, 9.17) is 49.5 Å². The highest BCUT2D eigenvalue weighted by molar-refractivity contribution is 6.30. The summed E-state index contributed by atoms with van der Waals surface area (Å²) < 4.78 is 45.6. The van der Waals surface area contributed by atoms with Crippen LogP contribution in [0, 0.1) is 11.8 Å². The van der Waals surface area contributed by atoms with E-state index in [9.17, 15) is 14.4 Å². The zero-order valence-electron chi connectivity index (χ0n) is 27.9. The number of benzene rings is 4. The van der Waals surface area contributed by atoms with Crippen molar-refractivity contribution in [3.05, 3.63) is 100 Å². The van der Waals surface area contributed by atoms with Gasteiger partial charge in [0.2, 0.25) is 12.5 Å². The fourth-order valence-electron chi connectivity index (χ4n) is 6.90. The zero-order chi connectivity index (χ0) is 35.6. The zero-order valence-corrected chi connectivity index (χ0v) is 28.7. The van der Waals surface area contributed by atoms with E-state index in [-0.39, 0.29) is 32.3 Å². The number of amides is 1. The summed E-state index contributed by atoms with van der Waals surface area (Å²) >= 11 is 5.97. The van der Waals surface area contributed by atoms with Crippen molar-refractivity contribution in [2.45, 2.75) is 18.4 Å². The SMILES string of the molecule is COc1cc([C@@H]2c3cc4c(cc3[C@H](OC(=O)Cc3ccc(NC(=O)COc5cccc(Cl)c5)cc3)[C@H]3COC(=O)[C@H]23)OCO4)cc(OC)c1OC. The lowest BCUT2D eigenvalue weighted by Gasteiger charge is -2.38. The normalized spacial score (nSPS) is 19.6. The number of methoxy groups -OCH3 is 3. The summed E-state index contributed by atoms with van der Waals surface area (Å²) in [7, 11) is 4.57. The Bertz CT molecular complexity index is 1960. The lowest BCUT2D eigenvalue weighted by molar-refractivity contribution is -0.153. The monoisotopic (exact) mass is 715 g/mol. The van der Waals surface area contributed by atoms with Crippen molar-refractivity contribution in [2.75, 3.05) is 46.7 Å². The van der Waals surface area contributed by atoms with Crippen molar-refractivity contribution in [2.24, 2.45) is 11.8 Å². The van der Waals surface area contributed by atoms with Gasteiger partial charge in [0.25, 0.3) is 5.91 Å². The molecule has 0 unspecified atom stereocenters. The summed E-state index contributed by atoms with van der Waals surface area (Å²) in [5.41, 5.74) is 3.34.